The van der Waals surface area contributed by atoms with Gasteiger partial charge in [0.05, 0.1) is 0 Å². The Kier molecular flexibility index (Phi) is 2.20. The van der Waals surface area contributed by atoms with Gasteiger partial charge in [0.25, 0.3) is 0 Å². The fourth-order valence-electron chi connectivity index (χ4n) is 2.50. The maximum atomic E-state index is 8.94. The summed E-state index contributed by atoms with van der Waals surface area (Å²) in [6, 6.07) is 0. The highest BCUT2D eigenvalue weighted by molar-refractivity contribution is 5.22. The van der Waals surface area contributed by atoms with Crippen LogP contribution in [0.15, 0.2) is 11.6 Å². The SMILES string of the molecule is OOC1(C2=CCCC2)CCCC1. The molecule has 1 fully saturated rings. The van der Waals surface area contributed by atoms with Gasteiger partial charge in [0.1, 0.15) is 5.60 Å². The molecule has 0 heterocycles. The van der Waals surface area contributed by atoms with Crippen LogP contribution in [0.3, 0.4) is 0 Å². The Bertz CT molecular complexity index is 190. The highest BCUT2D eigenvalue weighted by Crippen LogP contribution is 2.42. The molecule has 0 amide bonds. The van der Waals surface area contributed by atoms with Gasteiger partial charge < -0.3 is 0 Å². The highest BCUT2D eigenvalue weighted by atomic mass is 17.1. The Labute approximate surface area is 73.2 Å². The Morgan fingerprint density at radius 3 is 2.50 bits per heavy atom. The molecule has 2 nitrogen and oxygen atoms in total. The molecule has 0 bridgehead atoms. The maximum Gasteiger partial charge on any atom is 0.124 e. The number of hydrogen-bond donors (Lipinski definition) is 1. The summed E-state index contributed by atoms with van der Waals surface area (Å²) in [6.45, 7) is 0. The molecule has 0 unspecified atom stereocenters. The normalized spacial score (nSPS) is 27.6. The van der Waals surface area contributed by atoms with E-state index in [0.717, 1.165) is 19.3 Å². The van der Waals surface area contributed by atoms with Gasteiger partial charge in [0, 0.05) is 0 Å². The van der Waals surface area contributed by atoms with Gasteiger partial charge in [-0.05, 0) is 50.5 Å². The molecule has 2 aliphatic carbocycles. The molecule has 0 spiro atoms. The molecule has 68 valence electrons. The Hall–Kier alpha value is -0.340. The van der Waals surface area contributed by atoms with Crippen LogP contribution in [-0.2, 0) is 4.89 Å². The van der Waals surface area contributed by atoms with Crippen molar-refractivity contribution in [1.29, 1.82) is 0 Å². The maximum absolute atomic E-state index is 8.94. The lowest BCUT2D eigenvalue weighted by Gasteiger charge is -2.26. The van der Waals surface area contributed by atoms with Gasteiger partial charge in [-0.15, -0.1) is 0 Å². The van der Waals surface area contributed by atoms with E-state index in [1.807, 2.05) is 0 Å². The molecule has 2 rings (SSSR count). The largest absolute Gasteiger partial charge is 0.251 e. The number of hydrogen-bond acceptors (Lipinski definition) is 2. The van der Waals surface area contributed by atoms with E-state index < -0.39 is 0 Å². The lowest BCUT2D eigenvalue weighted by atomic mass is 9.91. The number of rotatable bonds is 2. The standard InChI is InChI=1S/C10H16O2/c11-12-10(7-3-4-8-10)9-5-1-2-6-9/h5,11H,1-4,6-8H2. The predicted octanol–water partition coefficient (Wildman–Crippen LogP) is 2.90. The van der Waals surface area contributed by atoms with Crippen molar-refractivity contribution in [3.63, 3.8) is 0 Å². The minimum absolute atomic E-state index is 0.267. The molecule has 12 heavy (non-hydrogen) atoms. The van der Waals surface area contributed by atoms with Crippen molar-refractivity contribution in [2.45, 2.75) is 50.5 Å². The summed E-state index contributed by atoms with van der Waals surface area (Å²) in [6.07, 6.45) is 10.2. The summed E-state index contributed by atoms with van der Waals surface area (Å²) in [5, 5.41) is 8.94. The summed E-state index contributed by atoms with van der Waals surface area (Å²) in [7, 11) is 0. The molecular formula is C10H16O2. The molecule has 0 saturated heterocycles. The van der Waals surface area contributed by atoms with Crippen LogP contribution in [0.25, 0.3) is 0 Å². The van der Waals surface area contributed by atoms with Gasteiger partial charge in [-0.25, -0.2) is 4.89 Å². The zero-order chi connectivity index (χ0) is 8.44. The van der Waals surface area contributed by atoms with Gasteiger partial charge in [-0.3, -0.25) is 5.26 Å². The molecule has 0 aromatic rings. The Balaban J connectivity index is 2.15. The summed E-state index contributed by atoms with van der Waals surface area (Å²) >= 11 is 0. The van der Waals surface area contributed by atoms with Crippen LogP contribution < -0.4 is 0 Å². The highest BCUT2D eigenvalue weighted by Gasteiger charge is 2.39. The van der Waals surface area contributed by atoms with Crippen molar-refractivity contribution in [1.82, 2.24) is 0 Å². The van der Waals surface area contributed by atoms with Crippen LogP contribution in [0.4, 0.5) is 0 Å². The van der Waals surface area contributed by atoms with Gasteiger partial charge in [-0.1, -0.05) is 6.08 Å². The second-order valence-corrected chi connectivity index (χ2v) is 3.91. The quantitative estimate of drug-likeness (QED) is 0.390. The zero-order valence-corrected chi connectivity index (χ0v) is 7.38. The molecule has 0 aromatic heterocycles. The lowest BCUT2D eigenvalue weighted by Crippen LogP contribution is -2.29. The van der Waals surface area contributed by atoms with E-state index >= 15 is 0 Å². The molecule has 2 heteroatoms. The second kappa shape index (κ2) is 3.19. The van der Waals surface area contributed by atoms with Crippen LogP contribution in [-0.4, -0.2) is 10.9 Å². The fraction of sp³-hybridized carbons (Fsp3) is 0.800. The van der Waals surface area contributed by atoms with Crippen molar-refractivity contribution in [2.24, 2.45) is 0 Å². The molecule has 0 atom stereocenters. The van der Waals surface area contributed by atoms with Crippen LogP contribution in [0.2, 0.25) is 0 Å². The second-order valence-electron chi connectivity index (χ2n) is 3.91. The molecular weight excluding hydrogens is 152 g/mol. The van der Waals surface area contributed by atoms with Gasteiger partial charge in [0.2, 0.25) is 0 Å². The lowest BCUT2D eigenvalue weighted by molar-refractivity contribution is -0.309. The van der Waals surface area contributed by atoms with Crippen molar-refractivity contribution in [2.75, 3.05) is 0 Å². The van der Waals surface area contributed by atoms with E-state index in [0.29, 0.717) is 0 Å². The Morgan fingerprint density at radius 1 is 1.25 bits per heavy atom. The van der Waals surface area contributed by atoms with Crippen molar-refractivity contribution >= 4 is 0 Å². The van der Waals surface area contributed by atoms with Crippen molar-refractivity contribution < 1.29 is 10.1 Å². The van der Waals surface area contributed by atoms with Gasteiger partial charge in [0.15, 0.2) is 0 Å². The van der Waals surface area contributed by atoms with E-state index in [-0.39, 0.29) is 5.60 Å². The van der Waals surface area contributed by atoms with Crippen LogP contribution in [0.1, 0.15) is 44.9 Å². The first kappa shape index (κ1) is 8.27. The van der Waals surface area contributed by atoms with Crippen molar-refractivity contribution in [3.05, 3.63) is 11.6 Å². The van der Waals surface area contributed by atoms with E-state index in [2.05, 4.69) is 6.08 Å². The zero-order valence-electron chi connectivity index (χ0n) is 7.38. The van der Waals surface area contributed by atoms with E-state index in [9.17, 15) is 0 Å². The fourth-order valence-corrected chi connectivity index (χ4v) is 2.50. The van der Waals surface area contributed by atoms with Gasteiger partial charge in [-0.2, -0.15) is 0 Å². The van der Waals surface area contributed by atoms with Crippen LogP contribution in [0, 0.1) is 0 Å². The summed E-state index contributed by atoms with van der Waals surface area (Å²) < 4.78 is 0. The van der Waals surface area contributed by atoms with E-state index in [4.69, 9.17) is 10.1 Å². The topological polar surface area (TPSA) is 29.5 Å². The first-order chi connectivity index (χ1) is 5.87. The summed E-state index contributed by atoms with van der Waals surface area (Å²) in [5.41, 5.74) is 1.08. The van der Waals surface area contributed by atoms with Gasteiger partial charge >= 0.3 is 0 Å². The minimum atomic E-state index is -0.267. The predicted molar refractivity (Wildman–Crippen MR) is 46.8 cm³/mol. The average Bonchev–Trinajstić information content (AvgIpc) is 2.76. The molecule has 0 aliphatic heterocycles. The molecule has 0 aromatic carbocycles. The third-order valence-corrected chi connectivity index (χ3v) is 3.21. The van der Waals surface area contributed by atoms with Crippen molar-refractivity contribution in [3.8, 4) is 0 Å². The number of allylic oxidation sites excluding steroid dienone is 1. The molecule has 0 radical (unpaired) electrons. The first-order valence-electron chi connectivity index (χ1n) is 4.89. The smallest absolute Gasteiger partial charge is 0.124 e. The third-order valence-electron chi connectivity index (χ3n) is 3.21. The average molecular weight is 168 g/mol. The molecule has 2 aliphatic rings. The third kappa shape index (κ3) is 1.19. The molecule has 1 saturated carbocycles. The summed E-state index contributed by atoms with van der Waals surface area (Å²) in [4.78, 5) is 4.71. The monoisotopic (exact) mass is 168 g/mol. The van der Waals surface area contributed by atoms with E-state index in [1.54, 1.807) is 0 Å². The Morgan fingerprint density at radius 2 is 2.00 bits per heavy atom. The molecule has 1 N–H and O–H groups in total. The summed E-state index contributed by atoms with van der Waals surface area (Å²) in [5.74, 6) is 0. The van der Waals surface area contributed by atoms with Crippen LogP contribution in [0.5, 0.6) is 0 Å². The van der Waals surface area contributed by atoms with Crippen LogP contribution >= 0.6 is 0 Å². The first-order valence-corrected chi connectivity index (χ1v) is 4.89. The minimum Gasteiger partial charge on any atom is -0.251 e. The van der Waals surface area contributed by atoms with E-state index in [1.165, 1.54) is 31.3 Å².